The molecule has 64 heavy (non-hydrogen) atoms. The second-order valence-corrected chi connectivity index (χ2v) is 21.6. The van der Waals surface area contributed by atoms with Gasteiger partial charge in [0.25, 0.3) is 10.1 Å². The Bertz CT molecular complexity index is 1090. The quantitative estimate of drug-likeness (QED) is 0.0368. The molecule has 0 aromatic heterocycles. The fourth-order valence-corrected chi connectivity index (χ4v) is 9.90. The van der Waals surface area contributed by atoms with Crippen molar-refractivity contribution in [3.8, 4) is 0 Å². The van der Waals surface area contributed by atoms with Gasteiger partial charge in [0.1, 0.15) is 12.2 Å². The van der Waals surface area contributed by atoms with Gasteiger partial charge in [-0.25, -0.2) is 0 Å². The molecule has 382 valence electrons. The van der Waals surface area contributed by atoms with Crippen LogP contribution in [0.15, 0.2) is 0 Å². The molecule has 7 nitrogen and oxygen atoms in total. The van der Waals surface area contributed by atoms with Gasteiger partial charge in [-0.15, -0.1) is 0 Å². The average Bonchev–Trinajstić information content (AvgIpc) is 3.27. The van der Waals surface area contributed by atoms with Crippen LogP contribution in [-0.2, 0) is 29.2 Å². The summed E-state index contributed by atoms with van der Waals surface area (Å²) in [5, 5.41) is -1.97. The Balaban J connectivity index is 5.29. The lowest BCUT2D eigenvalue weighted by Gasteiger charge is -2.22. The first-order valence-corrected chi connectivity index (χ1v) is 30.1. The standard InChI is InChI=1S/C56H110O7S/c1-5-9-13-17-21-25-29-33-36-40-44-48-52(47-43-39-35-31-27-23-19-15-11-7-3)62-55(57)51-54(64(59,60)61)56(58)63-53(49-45-41-37-32-28-24-20-16-12-8-4)50-46-42-38-34-30-26-22-18-14-10-6-2/h52-54H,5-51H2,1-4H3,(H,59,60,61). The van der Waals surface area contributed by atoms with Crippen molar-refractivity contribution in [2.75, 3.05) is 0 Å². The van der Waals surface area contributed by atoms with Crippen LogP contribution in [0.25, 0.3) is 0 Å². The summed E-state index contributed by atoms with van der Waals surface area (Å²) in [6.07, 6.45) is 52.8. The Morgan fingerprint density at radius 2 is 0.547 bits per heavy atom. The van der Waals surface area contributed by atoms with E-state index in [0.29, 0.717) is 12.8 Å². The number of carbonyl (C=O) groups is 2. The minimum atomic E-state index is -4.88. The molecule has 3 unspecified atom stereocenters. The lowest BCUT2D eigenvalue weighted by atomic mass is 10.0. The third-order valence-corrected chi connectivity index (χ3v) is 14.7. The van der Waals surface area contributed by atoms with Crippen LogP contribution in [0.4, 0.5) is 0 Å². The predicted octanol–water partition coefficient (Wildman–Crippen LogP) is 18.5. The highest BCUT2D eigenvalue weighted by Gasteiger charge is 2.37. The number of hydrogen-bond donors (Lipinski definition) is 1. The highest BCUT2D eigenvalue weighted by Crippen LogP contribution is 2.23. The van der Waals surface area contributed by atoms with Gasteiger partial charge in [-0.2, -0.15) is 8.42 Å². The fourth-order valence-electron chi connectivity index (χ4n) is 9.25. The maximum Gasteiger partial charge on any atom is 0.327 e. The molecule has 0 heterocycles. The van der Waals surface area contributed by atoms with Crippen LogP contribution in [-0.4, -0.2) is 42.4 Å². The first-order chi connectivity index (χ1) is 31.2. The van der Waals surface area contributed by atoms with Gasteiger partial charge < -0.3 is 9.47 Å². The van der Waals surface area contributed by atoms with E-state index in [1.165, 1.54) is 205 Å². The SMILES string of the molecule is CCCCCCCCCCCCCC(CCCCCCCCCCCC)OC(=O)CC(C(=O)OC(CCCCCCCCCCCC)CCCCCCCCCCCCC)S(=O)(=O)O. The summed E-state index contributed by atoms with van der Waals surface area (Å²) in [5.41, 5.74) is 0. The zero-order valence-electron chi connectivity index (χ0n) is 43.3. The summed E-state index contributed by atoms with van der Waals surface area (Å²) in [6.45, 7) is 9.00. The molecule has 8 heteroatoms. The number of hydrogen-bond acceptors (Lipinski definition) is 6. The van der Waals surface area contributed by atoms with Crippen molar-refractivity contribution in [3.05, 3.63) is 0 Å². The second kappa shape index (κ2) is 48.3. The van der Waals surface area contributed by atoms with Crippen molar-refractivity contribution in [2.45, 2.75) is 347 Å². The zero-order valence-corrected chi connectivity index (χ0v) is 44.1. The zero-order chi connectivity index (χ0) is 47.0. The van der Waals surface area contributed by atoms with E-state index in [9.17, 15) is 22.6 Å². The van der Waals surface area contributed by atoms with E-state index >= 15 is 0 Å². The van der Waals surface area contributed by atoms with Crippen molar-refractivity contribution in [2.24, 2.45) is 0 Å². The van der Waals surface area contributed by atoms with Crippen molar-refractivity contribution in [1.29, 1.82) is 0 Å². The summed E-state index contributed by atoms with van der Waals surface area (Å²) >= 11 is 0. The maximum absolute atomic E-state index is 13.6. The summed E-state index contributed by atoms with van der Waals surface area (Å²) < 4.78 is 47.5. The van der Waals surface area contributed by atoms with Crippen LogP contribution in [0.3, 0.4) is 0 Å². The van der Waals surface area contributed by atoms with Crippen LogP contribution in [0, 0.1) is 0 Å². The van der Waals surface area contributed by atoms with Gasteiger partial charge in [-0.1, -0.05) is 272 Å². The minimum absolute atomic E-state index is 0.316. The van der Waals surface area contributed by atoms with E-state index in [1.54, 1.807) is 0 Å². The number of esters is 2. The van der Waals surface area contributed by atoms with Crippen LogP contribution in [0.1, 0.15) is 329 Å². The molecule has 0 aliphatic rings. The summed E-state index contributed by atoms with van der Waals surface area (Å²) in [6, 6.07) is 0. The van der Waals surface area contributed by atoms with E-state index < -0.39 is 39.8 Å². The Hall–Kier alpha value is -1.15. The van der Waals surface area contributed by atoms with Crippen LogP contribution in [0.5, 0.6) is 0 Å². The van der Waals surface area contributed by atoms with Gasteiger partial charge in [-0.05, 0) is 51.4 Å². The predicted molar refractivity (Wildman–Crippen MR) is 275 cm³/mol. The smallest absolute Gasteiger partial charge is 0.327 e. The van der Waals surface area contributed by atoms with Gasteiger partial charge in [-0.3, -0.25) is 14.1 Å². The van der Waals surface area contributed by atoms with Crippen LogP contribution in [0.2, 0.25) is 0 Å². The summed E-state index contributed by atoms with van der Waals surface area (Å²) in [5.74, 6) is -1.76. The third-order valence-electron chi connectivity index (χ3n) is 13.6. The van der Waals surface area contributed by atoms with E-state index in [2.05, 4.69) is 27.7 Å². The Labute approximate surface area is 399 Å². The lowest BCUT2D eigenvalue weighted by molar-refractivity contribution is -0.156. The van der Waals surface area contributed by atoms with E-state index in [-0.39, 0.29) is 6.10 Å². The maximum atomic E-state index is 13.6. The molecule has 0 saturated carbocycles. The fraction of sp³-hybridized carbons (Fsp3) is 0.964. The van der Waals surface area contributed by atoms with Crippen molar-refractivity contribution < 1.29 is 32.0 Å². The molecule has 0 aromatic rings. The van der Waals surface area contributed by atoms with E-state index in [1.807, 2.05) is 0 Å². The lowest BCUT2D eigenvalue weighted by Crippen LogP contribution is -2.37. The Morgan fingerprint density at radius 1 is 0.344 bits per heavy atom. The largest absolute Gasteiger partial charge is 0.462 e. The Kier molecular flexibility index (Phi) is 47.4. The third kappa shape index (κ3) is 43.4. The van der Waals surface area contributed by atoms with Gasteiger partial charge in [0.05, 0.1) is 6.42 Å². The van der Waals surface area contributed by atoms with Gasteiger partial charge in [0.2, 0.25) is 0 Å². The summed E-state index contributed by atoms with van der Waals surface area (Å²) in [7, 11) is -4.88. The number of unbranched alkanes of at least 4 members (excludes halogenated alkanes) is 38. The van der Waals surface area contributed by atoms with Crippen LogP contribution >= 0.6 is 0 Å². The molecule has 0 rings (SSSR count). The normalized spacial score (nSPS) is 13.3. The topological polar surface area (TPSA) is 107 Å². The molecule has 0 aliphatic heterocycles. The number of ether oxygens (including phenoxy) is 2. The number of carbonyl (C=O) groups excluding carboxylic acids is 2. The second-order valence-electron chi connectivity index (χ2n) is 20.0. The molecule has 0 aliphatic carbocycles. The first kappa shape index (κ1) is 62.8. The molecule has 0 spiro atoms. The molecule has 0 aromatic carbocycles. The van der Waals surface area contributed by atoms with Crippen molar-refractivity contribution >= 4 is 22.1 Å². The van der Waals surface area contributed by atoms with Gasteiger partial charge >= 0.3 is 11.9 Å². The molecule has 0 radical (unpaired) electrons. The highest BCUT2D eigenvalue weighted by molar-refractivity contribution is 7.87. The minimum Gasteiger partial charge on any atom is -0.462 e. The van der Waals surface area contributed by atoms with E-state index in [4.69, 9.17) is 9.47 Å². The molecular formula is C56H110O7S. The number of rotatable bonds is 52. The summed E-state index contributed by atoms with van der Waals surface area (Å²) in [4.78, 5) is 27.0. The van der Waals surface area contributed by atoms with E-state index in [0.717, 1.165) is 77.0 Å². The van der Waals surface area contributed by atoms with Gasteiger partial charge in [0.15, 0.2) is 5.25 Å². The molecule has 0 saturated heterocycles. The van der Waals surface area contributed by atoms with Crippen LogP contribution < -0.4 is 0 Å². The van der Waals surface area contributed by atoms with Gasteiger partial charge in [0, 0.05) is 0 Å². The Morgan fingerprint density at radius 3 is 0.766 bits per heavy atom. The van der Waals surface area contributed by atoms with Crippen molar-refractivity contribution in [1.82, 2.24) is 0 Å². The van der Waals surface area contributed by atoms with Crippen molar-refractivity contribution in [3.63, 3.8) is 0 Å². The average molecular weight is 928 g/mol. The first-order valence-electron chi connectivity index (χ1n) is 28.6. The highest BCUT2D eigenvalue weighted by atomic mass is 32.2. The molecule has 3 atom stereocenters. The molecule has 0 bridgehead atoms. The monoisotopic (exact) mass is 927 g/mol. The molecule has 0 fully saturated rings. The molecule has 0 amide bonds. The molecular weight excluding hydrogens is 817 g/mol. The molecule has 1 N–H and O–H groups in total.